The number of furan rings is 1. The quantitative estimate of drug-likeness (QED) is 0.517. The summed E-state index contributed by atoms with van der Waals surface area (Å²) >= 11 is 7.66. The molecule has 2 aromatic heterocycles. The molecule has 0 unspecified atom stereocenters. The van der Waals surface area contributed by atoms with Gasteiger partial charge in [-0.3, -0.25) is 9.89 Å². The van der Waals surface area contributed by atoms with Crippen LogP contribution >= 0.6 is 23.4 Å². The van der Waals surface area contributed by atoms with Crippen LogP contribution in [0.2, 0.25) is 5.02 Å². The summed E-state index contributed by atoms with van der Waals surface area (Å²) in [7, 11) is 0. The Bertz CT molecular complexity index is 832. The molecule has 2 N–H and O–H groups in total. The Kier molecular flexibility index (Phi) is 5.22. The molecule has 0 bridgehead atoms. The number of aryl methyl sites for hydroxylation is 1. The third-order valence-corrected chi connectivity index (χ3v) is 4.53. The predicted octanol–water partition coefficient (Wildman–Crippen LogP) is 3.55. The number of hydrogen-bond acceptors (Lipinski definition) is 5. The van der Waals surface area contributed by atoms with Crippen molar-refractivity contribution < 1.29 is 9.21 Å². The molecule has 2 heterocycles. The van der Waals surface area contributed by atoms with Crippen LogP contribution in [0.15, 0.2) is 46.2 Å². The number of carbonyl (C=O) groups excluding carboxylic acids is 1. The molecule has 0 atom stereocenters. The Morgan fingerprint density at radius 3 is 3.00 bits per heavy atom. The fraction of sp³-hybridized carbons (Fsp3) is 0.188. The number of amides is 1. The summed E-state index contributed by atoms with van der Waals surface area (Å²) in [6.45, 7) is 2.27. The summed E-state index contributed by atoms with van der Waals surface area (Å²) < 4.78 is 5.69. The van der Waals surface area contributed by atoms with E-state index in [1.54, 1.807) is 19.1 Å². The second kappa shape index (κ2) is 7.55. The molecule has 0 aliphatic rings. The number of aromatic nitrogens is 3. The molecule has 3 aromatic rings. The summed E-state index contributed by atoms with van der Waals surface area (Å²) in [6.07, 6.45) is 1.45. The van der Waals surface area contributed by atoms with Gasteiger partial charge >= 0.3 is 0 Å². The van der Waals surface area contributed by atoms with Crippen LogP contribution in [0, 0.1) is 6.92 Å². The van der Waals surface area contributed by atoms with E-state index in [1.807, 2.05) is 18.2 Å². The minimum Gasteiger partial charge on any atom is -0.460 e. The highest BCUT2D eigenvalue weighted by atomic mass is 35.5. The molecule has 3 rings (SSSR count). The summed E-state index contributed by atoms with van der Waals surface area (Å²) in [5.74, 6) is 1.66. The van der Waals surface area contributed by atoms with Crippen LogP contribution in [0.25, 0.3) is 11.3 Å². The topological polar surface area (TPSA) is 83.8 Å². The molecular weight excluding hydrogens is 348 g/mol. The van der Waals surface area contributed by atoms with Crippen molar-refractivity contribution in [3.63, 3.8) is 0 Å². The summed E-state index contributed by atoms with van der Waals surface area (Å²) in [5, 5.41) is 10.7. The Labute approximate surface area is 148 Å². The van der Waals surface area contributed by atoms with Gasteiger partial charge in [-0.05, 0) is 25.1 Å². The zero-order valence-corrected chi connectivity index (χ0v) is 14.4. The molecule has 0 aliphatic heterocycles. The van der Waals surface area contributed by atoms with Gasteiger partial charge in [0.05, 0.1) is 10.6 Å². The first kappa shape index (κ1) is 16.6. The van der Waals surface area contributed by atoms with Crippen molar-refractivity contribution >= 4 is 29.3 Å². The van der Waals surface area contributed by atoms with Crippen molar-refractivity contribution in [3.8, 4) is 11.3 Å². The minimum absolute atomic E-state index is 0.173. The lowest BCUT2D eigenvalue weighted by Crippen LogP contribution is -2.25. The van der Waals surface area contributed by atoms with E-state index in [2.05, 4.69) is 20.5 Å². The Morgan fingerprint density at radius 2 is 2.25 bits per heavy atom. The third-order valence-electron chi connectivity index (χ3n) is 3.32. The van der Waals surface area contributed by atoms with Gasteiger partial charge in [0.25, 0.3) is 5.91 Å². The Balaban J connectivity index is 1.62. The van der Waals surface area contributed by atoms with Gasteiger partial charge in [0, 0.05) is 17.9 Å². The summed E-state index contributed by atoms with van der Waals surface area (Å²) in [4.78, 5) is 16.3. The van der Waals surface area contributed by atoms with Gasteiger partial charge in [-0.25, -0.2) is 4.98 Å². The number of benzene rings is 1. The number of H-pyrrole nitrogens is 1. The number of hydrogen-bond donors (Lipinski definition) is 2. The molecule has 124 valence electrons. The third kappa shape index (κ3) is 3.80. The molecule has 8 heteroatoms. The molecule has 1 amide bonds. The highest BCUT2D eigenvalue weighted by molar-refractivity contribution is 7.99. The smallest absolute Gasteiger partial charge is 0.254 e. The van der Waals surface area contributed by atoms with Crippen molar-refractivity contribution in [1.82, 2.24) is 20.5 Å². The van der Waals surface area contributed by atoms with Crippen LogP contribution in [0.1, 0.15) is 16.1 Å². The number of nitrogens with zero attached hydrogens (tertiary/aromatic N) is 2. The van der Waals surface area contributed by atoms with Gasteiger partial charge in [-0.15, -0.1) is 0 Å². The SMILES string of the molecule is Cc1oc(-c2ccccc2Cl)cc1C(=O)NCCSc1ncn[nH]1. The van der Waals surface area contributed by atoms with Crippen molar-refractivity contribution in [3.05, 3.63) is 53.0 Å². The second-order valence-corrected chi connectivity index (χ2v) is 6.45. The average Bonchev–Trinajstić information content (AvgIpc) is 3.21. The average molecular weight is 363 g/mol. The van der Waals surface area contributed by atoms with E-state index >= 15 is 0 Å². The number of thioether (sulfide) groups is 1. The van der Waals surface area contributed by atoms with Crippen molar-refractivity contribution in [1.29, 1.82) is 0 Å². The first-order valence-corrected chi connectivity index (χ1v) is 8.63. The van der Waals surface area contributed by atoms with Crippen LogP contribution in [0.5, 0.6) is 0 Å². The lowest BCUT2D eigenvalue weighted by atomic mass is 10.1. The van der Waals surface area contributed by atoms with Crippen LogP contribution in [-0.4, -0.2) is 33.4 Å². The first-order chi connectivity index (χ1) is 11.6. The van der Waals surface area contributed by atoms with Crippen LogP contribution < -0.4 is 5.32 Å². The van der Waals surface area contributed by atoms with E-state index in [0.29, 0.717) is 34.4 Å². The fourth-order valence-corrected chi connectivity index (χ4v) is 3.04. The lowest BCUT2D eigenvalue weighted by Gasteiger charge is -2.02. The minimum atomic E-state index is -0.173. The standard InChI is InChI=1S/C16H15ClN4O2S/c1-10-12(8-14(23-10)11-4-2-3-5-13(11)17)15(22)18-6-7-24-16-19-9-20-21-16/h2-5,8-9H,6-7H2,1H3,(H,18,22)(H,19,20,21). The number of aromatic amines is 1. The summed E-state index contributed by atoms with van der Waals surface area (Å²) in [5.41, 5.74) is 1.27. The highest BCUT2D eigenvalue weighted by Gasteiger charge is 2.17. The van der Waals surface area contributed by atoms with Gasteiger partial charge in [0.15, 0.2) is 5.16 Å². The number of nitrogens with one attached hydrogen (secondary N) is 2. The number of halogens is 1. The molecule has 0 aliphatic carbocycles. The zero-order chi connectivity index (χ0) is 16.9. The predicted molar refractivity (Wildman–Crippen MR) is 93.3 cm³/mol. The molecule has 0 saturated heterocycles. The van der Waals surface area contributed by atoms with Crippen LogP contribution in [0.3, 0.4) is 0 Å². The molecule has 0 spiro atoms. The molecule has 0 saturated carbocycles. The first-order valence-electron chi connectivity index (χ1n) is 7.27. The van der Waals surface area contributed by atoms with E-state index in [4.69, 9.17) is 16.0 Å². The van der Waals surface area contributed by atoms with Gasteiger partial charge in [-0.2, -0.15) is 5.10 Å². The largest absolute Gasteiger partial charge is 0.460 e. The normalized spacial score (nSPS) is 10.8. The maximum Gasteiger partial charge on any atom is 0.254 e. The van der Waals surface area contributed by atoms with E-state index in [-0.39, 0.29) is 5.91 Å². The number of rotatable bonds is 6. The van der Waals surface area contributed by atoms with Gasteiger partial charge in [0.1, 0.15) is 17.8 Å². The molecule has 1 aromatic carbocycles. The zero-order valence-electron chi connectivity index (χ0n) is 12.9. The Morgan fingerprint density at radius 1 is 1.42 bits per heavy atom. The van der Waals surface area contributed by atoms with Crippen molar-refractivity contribution in [2.45, 2.75) is 12.1 Å². The molecule has 0 radical (unpaired) electrons. The fourth-order valence-electron chi connectivity index (χ4n) is 2.17. The Hall–Kier alpha value is -2.25. The maximum absolute atomic E-state index is 12.3. The van der Waals surface area contributed by atoms with E-state index in [0.717, 1.165) is 10.7 Å². The van der Waals surface area contributed by atoms with Crippen molar-refractivity contribution in [2.75, 3.05) is 12.3 Å². The lowest BCUT2D eigenvalue weighted by molar-refractivity contribution is 0.0954. The van der Waals surface area contributed by atoms with Gasteiger partial charge in [-0.1, -0.05) is 35.5 Å². The van der Waals surface area contributed by atoms with E-state index in [9.17, 15) is 4.79 Å². The van der Waals surface area contributed by atoms with Crippen molar-refractivity contribution in [2.24, 2.45) is 0 Å². The number of carbonyl (C=O) groups is 1. The summed E-state index contributed by atoms with van der Waals surface area (Å²) in [6, 6.07) is 9.09. The monoisotopic (exact) mass is 362 g/mol. The highest BCUT2D eigenvalue weighted by Crippen LogP contribution is 2.30. The van der Waals surface area contributed by atoms with Gasteiger partial charge < -0.3 is 9.73 Å². The van der Waals surface area contributed by atoms with E-state index < -0.39 is 0 Å². The second-order valence-electron chi connectivity index (χ2n) is 4.96. The van der Waals surface area contributed by atoms with Crippen LogP contribution in [-0.2, 0) is 0 Å². The van der Waals surface area contributed by atoms with E-state index in [1.165, 1.54) is 18.1 Å². The molecule has 0 fully saturated rings. The molecule has 24 heavy (non-hydrogen) atoms. The maximum atomic E-state index is 12.3. The van der Waals surface area contributed by atoms with Gasteiger partial charge in [0.2, 0.25) is 0 Å². The molecule has 6 nitrogen and oxygen atoms in total. The van der Waals surface area contributed by atoms with Crippen LogP contribution in [0.4, 0.5) is 0 Å². The molecular formula is C16H15ClN4O2S.